The van der Waals surface area contributed by atoms with E-state index in [1.54, 1.807) is 12.1 Å². The van der Waals surface area contributed by atoms with Crippen LogP contribution in [0.15, 0.2) is 41.2 Å². The van der Waals surface area contributed by atoms with Crippen molar-refractivity contribution < 1.29 is 4.79 Å². The molecule has 1 saturated carbocycles. The molecule has 0 spiro atoms. The van der Waals surface area contributed by atoms with Crippen molar-refractivity contribution in [3.8, 4) is 5.69 Å². The highest BCUT2D eigenvalue weighted by atomic mass is 16.2. The third-order valence-electron chi connectivity index (χ3n) is 5.43. The summed E-state index contributed by atoms with van der Waals surface area (Å²) in [6.45, 7) is 7.23. The van der Waals surface area contributed by atoms with Crippen molar-refractivity contribution in [1.82, 2.24) is 14.7 Å². The number of benzene rings is 1. The second-order valence-electron chi connectivity index (χ2n) is 7.77. The zero-order valence-corrected chi connectivity index (χ0v) is 16.0. The monoisotopic (exact) mass is 366 g/mol. The number of piperazine rings is 1. The van der Waals surface area contributed by atoms with Gasteiger partial charge in [-0.15, -0.1) is 5.10 Å². The molecular formula is C21H26N4O2. The van der Waals surface area contributed by atoms with Crippen molar-refractivity contribution >= 4 is 11.7 Å². The molecule has 0 bridgehead atoms. The lowest BCUT2D eigenvalue weighted by Crippen LogP contribution is -2.49. The van der Waals surface area contributed by atoms with Gasteiger partial charge in [0, 0.05) is 38.2 Å². The van der Waals surface area contributed by atoms with Crippen molar-refractivity contribution in [2.45, 2.75) is 32.6 Å². The highest BCUT2D eigenvalue weighted by Gasteiger charge is 2.34. The minimum atomic E-state index is -0.140. The van der Waals surface area contributed by atoms with Crippen molar-refractivity contribution in [1.29, 1.82) is 0 Å². The van der Waals surface area contributed by atoms with E-state index in [4.69, 9.17) is 0 Å². The third-order valence-corrected chi connectivity index (χ3v) is 5.43. The number of anilines is 1. The number of nitrogens with zero attached hydrogens (tertiary/aromatic N) is 4. The van der Waals surface area contributed by atoms with Gasteiger partial charge in [-0.2, -0.15) is 4.68 Å². The summed E-state index contributed by atoms with van der Waals surface area (Å²) in [5.74, 6) is 1.80. The molecule has 6 nitrogen and oxygen atoms in total. The van der Waals surface area contributed by atoms with Crippen LogP contribution in [-0.2, 0) is 4.79 Å². The van der Waals surface area contributed by atoms with Crippen LogP contribution in [0, 0.1) is 5.92 Å². The SMILES string of the molecule is CC(C)c1ccc(-n2nc(N3CCN(C(=O)C4CC4)CC3)ccc2=O)cc1. The fourth-order valence-corrected chi connectivity index (χ4v) is 3.50. The Bertz CT molecular complexity index is 876. The maximum Gasteiger partial charge on any atom is 0.271 e. The second kappa shape index (κ2) is 7.18. The van der Waals surface area contributed by atoms with E-state index >= 15 is 0 Å². The Balaban J connectivity index is 1.51. The van der Waals surface area contributed by atoms with Gasteiger partial charge < -0.3 is 9.80 Å². The molecule has 2 fully saturated rings. The predicted molar refractivity (Wildman–Crippen MR) is 105 cm³/mol. The standard InChI is InChI=1S/C21H26N4O2/c1-15(2)16-5-7-18(8-6-16)25-20(26)10-9-19(22-25)23-11-13-24(14-12-23)21(27)17-3-4-17/h5-10,15,17H,3-4,11-14H2,1-2H3. The summed E-state index contributed by atoms with van der Waals surface area (Å²) in [6, 6.07) is 11.3. The summed E-state index contributed by atoms with van der Waals surface area (Å²) in [4.78, 5) is 28.6. The molecule has 6 heteroatoms. The van der Waals surface area contributed by atoms with Crippen LogP contribution in [0.1, 0.15) is 38.2 Å². The molecule has 2 aliphatic rings. The molecule has 1 amide bonds. The fraction of sp³-hybridized carbons (Fsp3) is 0.476. The Morgan fingerprint density at radius 3 is 2.26 bits per heavy atom. The minimum Gasteiger partial charge on any atom is -0.352 e. The van der Waals surface area contributed by atoms with Gasteiger partial charge in [-0.05, 0) is 42.5 Å². The summed E-state index contributed by atoms with van der Waals surface area (Å²) in [5.41, 5.74) is 1.87. The van der Waals surface area contributed by atoms with Gasteiger partial charge in [0.05, 0.1) is 5.69 Å². The minimum absolute atomic E-state index is 0.140. The van der Waals surface area contributed by atoms with Gasteiger partial charge in [0.15, 0.2) is 0 Å². The first-order valence-electron chi connectivity index (χ1n) is 9.77. The fourth-order valence-electron chi connectivity index (χ4n) is 3.50. The normalized spacial score (nSPS) is 17.4. The van der Waals surface area contributed by atoms with E-state index in [2.05, 4.69) is 23.8 Å². The number of hydrogen-bond acceptors (Lipinski definition) is 4. The van der Waals surface area contributed by atoms with Gasteiger partial charge in [-0.3, -0.25) is 9.59 Å². The lowest BCUT2D eigenvalue weighted by atomic mass is 10.0. The molecule has 1 saturated heterocycles. The topological polar surface area (TPSA) is 58.4 Å². The highest BCUT2D eigenvalue weighted by Crippen LogP contribution is 2.31. The molecule has 142 valence electrons. The molecule has 1 aliphatic carbocycles. The smallest absolute Gasteiger partial charge is 0.271 e. The van der Waals surface area contributed by atoms with Crippen molar-refractivity contribution in [3.63, 3.8) is 0 Å². The lowest BCUT2D eigenvalue weighted by Gasteiger charge is -2.35. The number of aromatic nitrogens is 2. The number of carbonyl (C=O) groups excluding carboxylic acids is 1. The molecule has 4 rings (SSSR count). The van der Waals surface area contributed by atoms with E-state index in [1.165, 1.54) is 10.2 Å². The third kappa shape index (κ3) is 3.75. The van der Waals surface area contributed by atoms with Gasteiger partial charge in [0.25, 0.3) is 5.56 Å². The Morgan fingerprint density at radius 2 is 1.67 bits per heavy atom. The van der Waals surface area contributed by atoms with Crippen LogP contribution in [0.4, 0.5) is 5.82 Å². The average Bonchev–Trinajstić information content (AvgIpc) is 3.53. The van der Waals surface area contributed by atoms with Crippen molar-refractivity contribution in [2.24, 2.45) is 5.92 Å². The molecule has 1 aromatic carbocycles. The molecular weight excluding hydrogens is 340 g/mol. The maximum atomic E-state index is 12.3. The Morgan fingerprint density at radius 1 is 1.00 bits per heavy atom. The molecule has 0 unspecified atom stereocenters. The lowest BCUT2D eigenvalue weighted by molar-refractivity contribution is -0.132. The van der Waals surface area contributed by atoms with Crippen LogP contribution in [0.2, 0.25) is 0 Å². The van der Waals surface area contributed by atoms with Crippen LogP contribution in [-0.4, -0.2) is 46.8 Å². The van der Waals surface area contributed by atoms with Crippen molar-refractivity contribution in [2.75, 3.05) is 31.1 Å². The molecule has 1 aromatic heterocycles. The number of amides is 1. The van der Waals surface area contributed by atoms with Crippen LogP contribution in [0.5, 0.6) is 0 Å². The maximum absolute atomic E-state index is 12.3. The molecule has 27 heavy (non-hydrogen) atoms. The number of rotatable bonds is 4. The average molecular weight is 366 g/mol. The Labute approximate surface area is 159 Å². The zero-order chi connectivity index (χ0) is 19.0. The van der Waals surface area contributed by atoms with Gasteiger partial charge in [-0.1, -0.05) is 26.0 Å². The summed E-state index contributed by atoms with van der Waals surface area (Å²) in [5, 5.41) is 4.58. The molecule has 0 radical (unpaired) electrons. The van der Waals surface area contributed by atoms with Gasteiger partial charge in [0.2, 0.25) is 5.91 Å². The summed E-state index contributed by atoms with van der Waals surface area (Å²) in [6.07, 6.45) is 2.09. The van der Waals surface area contributed by atoms with Crippen LogP contribution in [0.3, 0.4) is 0 Å². The van der Waals surface area contributed by atoms with E-state index in [0.717, 1.165) is 50.5 Å². The molecule has 1 aliphatic heterocycles. The van der Waals surface area contributed by atoms with Crippen LogP contribution < -0.4 is 10.5 Å². The molecule has 0 atom stereocenters. The van der Waals surface area contributed by atoms with Gasteiger partial charge in [-0.25, -0.2) is 0 Å². The van der Waals surface area contributed by atoms with E-state index in [9.17, 15) is 9.59 Å². The van der Waals surface area contributed by atoms with E-state index in [-0.39, 0.29) is 11.5 Å². The van der Waals surface area contributed by atoms with Gasteiger partial charge in [0.1, 0.15) is 5.82 Å². The van der Waals surface area contributed by atoms with E-state index in [0.29, 0.717) is 11.8 Å². The largest absolute Gasteiger partial charge is 0.352 e. The van der Waals surface area contributed by atoms with Crippen molar-refractivity contribution in [3.05, 3.63) is 52.3 Å². The molecule has 2 heterocycles. The van der Waals surface area contributed by atoms with E-state index < -0.39 is 0 Å². The summed E-state index contributed by atoms with van der Waals surface area (Å²) >= 11 is 0. The quantitative estimate of drug-likeness (QED) is 0.834. The first-order chi connectivity index (χ1) is 13.0. The molecule has 2 aromatic rings. The Kier molecular flexibility index (Phi) is 4.72. The van der Waals surface area contributed by atoms with Crippen LogP contribution in [0.25, 0.3) is 5.69 Å². The van der Waals surface area contributed by atoms with E-state index in [1.807, 2.05) is 29.2 Å². The molecule has 0 N–H and O–H groups in total. The summed E-state index contributed by atoms with van der Waals surface area (Å²) < 4.78 is 1.46. The number of hydrogen-bond donors (Lipinski definition) is 0. The van der Waals surface area contributed by atoms with Gasteiger partial charge >= 0.3 is 0 Å². The number of carbonyl (C=O) groups is 1. The van der Waals surface area contributed by atoms with Crippen LogP contribution >= 0.6 is 0 Å². The second-order valence-corrected chi connectivity index (χ2v) is 7.77. The highest BCUT2D eigenvalue weighted by molar-refractivity contribution is 5.81. The first-order valence-corrected chi connectivity index (χ1v) is 9.77. The predicted octanol–water partition coefficient (Wildman–Crippen LogP) is 2.41. The first kappa shape index (κ1) is 17.8. The summed E-state index contributed by atoms with van der Waals surface area (Å²) in [7, 11) is 0. The zero-order valence-electron chi connectivity index (χ0n) is 16.0. The Hall–Kier alpha value is -2.63.